The van der Waals surface area contributed by atoms with Crippen LogP contribution >= 0.6 is 0 Å². The molecule has 2 heteroatoms. The van der Waals surface area contributed by atoms with Gasteiger partial charge in [-0.1, -0.05) is 51.9 Å². The highest BCUT2D eigenvalue weighted by molar-refractivity contribution is 4.82. The van der Waals surface area contributed by atoms with Gasteiger partial charge in [0.15, 0.2) is 5.79 Å². The molecular weight excluding hydrogens is 260 g/mol. The van der Waals surface area contributed by atoms with E-state index in [1.165, 1.54) is 57.8 Å². The van der Waals surface area contributed by atoms with Crippen molar-refractivity contribution in [2.75, 3.05) is 13.2 Å². The maximum absolute atomic E-state index is 5.94. The lowest BCUT2D eigenvalue weighted by Gasteiger charge is -2.27. The minimum absolute atomic E-state index is 0.253. The molecule has 1 aliphatic rings. The summed E-state index contributed by atoms with van der Waals surface area (Å²) < 4.78 is 11.9. The van der Waals surface area contributed by atoms with Crippen molar-refractivity contribution in [3.63, 3.8) is 0 Å². The first-order valence-electron chi connectivity index (χ1n) is 9.04. The summed E-state index contributed by atoms with van der Waals surface area (Å²) >= 11 is 0. The molecule has 0 atom stereocenters. The van der Waals surface area contributed by atoms with Gasteiger partial charge in [0.1, 0.15) is 0 Å². The molecular formula is C19H34O2. The Morgan fingerprint density at radius 3 is 1.90 bits per heavy atom. The minimum Gasteiger partial charge on any atom is -0.348 e. The summed E-state index contributed by atoms with van der Waals surface area (Å²) in [4.78, 5) is 0. The van der Waals surface area contributed by atoms with Crippen molar-refractivity contribution in [2.45, 2.75) is 96.2 Å². The Balaban J connectivity index is 2.10. The maximum atomic E-state index is 5.94. The molecule has 0 bridgehead atoms. The fraction of sp³-hybridized carbons (Fsp3) is 0.895. The summed E-state index contributed by atoms with van der Waals surface area (Å²) in [6, 6.07) is 0. The molecule has 122 valence electrons. The van der Waals surface area contributed by atoms with Crippen molar-refractivity contribution in [3.05, 3.63) is 0 Å². The highest BCUT2D eigenvalue weighted by Crippen LogP contribution is 2.31. The van der Waals surface area contributed by atoms with Crippen molar-refractivity contribution in [3.8, 4) is 12.3 Å². The molecule has 1 rings (SSSR count). The molecule has 0 amide bonds. The van der Waals surface area contributed by atoms with E-state index in [1.807, 2.05) is 0 Å². The molecule has 1 fully saturated rings. The Hall–Kier alpha value is -0.520. The number of hydrogen-bond donors (Lipinski definition) is 0. The summed E-state index contributed by atoms with van der Waals surface area (Å²) in [5.74, 6) is 2.45. The van der Waals surface area contributed by atoms with Gasteiger partial charge in [-0.05, 0) is 19.3 Å². The monoisotopic (exact) mass is 294 g/mol. The molecule has 2 nitrogen and oxygen atoms in total. The van der Waals surface area contributed by atoms with Crippen molar-refractivity contribution in [1.82, 2.24) is 0 Å². The largest absolute Gasteiger partial charge is 0.348 e. The summed E-state index contributed by atoms with van der Waals surface area (Å²) in [5, 5.41) is 0. The maximum Gasteiger partial charge on any atom is 0.168 e. The van der Waals surface area contributed by atoms with Crippen LogP contribution in [0.1, 0.15) is 90.4 Å². The number of unbranched alkanes of at least 4 members (excludes halogenated alkanes) is 9. The molecule has 0 saturated carbocycles. The molecule has 0 aromatic rings. The lowest BCUT2D eigenvalue weighted by molar-refractivity contribution is -0.168. The Bertz CT molecular complexity index is 274. The Kier molecular flexibility index (Phi) is 10.6. The first-order chi connectivity index (χ1) is 10.3. The lowest BCUT2D eigenvalue weighted by Crippen LogP contribution is -2.30. The second kappa shape index (κ2) is 12.1. The SMILES string of the molecule is C#CCCCCCCC1(CCCCCCCC)OCCO1. The second-order valence-electron chi connectivity index (χ2n) is 6.24. The predicted octanol–water partition coefficient (Wildman–Crippen LogP) is 5.45. The Morgan fingerprint density at radius 2 is 1.33 bits per heavy atom. The van der Waals surface area contributed by atoms with Gasteiger partial charge < -0.3 is 9.47 Å². The second-order valence-corrected chi connectivity index (χ2v) is 6.24. The third-order valence-electron chi connectivity index (χ3n) is 4.35. The van der Waals surface area contributed by atoms with Crippen LogP contribution in [0, 0.1) is 12.3 Å². The Morgan fingerprint density at radius 1 is 0.810 bits per heavy atom. The van der Waals surface area contributed by atoms with Crippen LogP contribution in [0.25, 0.3) is 0 Å². The summed E-state index contributed by atoms with van der Waals surface area (Å²) in [6.07, 6.45) is 21.1. The minimum atomic E-state index is -0.253. The zero-order chi connectivity index (χ0) is 15.2. The molecule has 1 saturated heterocycles. The highest BCUT2D eigenvalue weighted by Gasteiger charge is 2.34. The van der Waals surface area contributed by atoms with Gasteiger partial charge >= 0.3 is 0 Å². The molecule has 0 radical (unpaired) electrons. The summed E-state index contributed by atoms with van der Waals surface area (Å²) in [6.45, 7) is 3.80. The van der Waals surface area contributed by atoms with Gasteiger partial charge in [0.25, 0.3) is 0 Å². The van der Waals surface area contributed by atoms with E-state index in [2.05, 4.69) is 12.8 Å². The van der Waals surface area contributed by atoms with Crippen LogP contribution in [0.4, 0.5) is 0 Å². The third-order valence-corrected chi connectivity index (χ3v) is 4.35. The average molecular weight is 294 g/mol. The standard InChI is InChI=1S/C19H34O2/c1-3-5-7-9-11-13-15-19(20-17-18-21-19)16-14-12-10-8-6-4-2/h1H,4-18H2,2H3. The van der Waals surface area contributed by atoms with E-state index in [0.29, 0.717) is 0 Å². The molecule has 0 unspecified atom stereocenters. The highest BCUT2D eigenvalue weighted by atomic mass is 16.7. The van der Waals surface area contributed by atoms with Crippen LogP contribution in [-0.2, 0) is 9.47 Å². The fourth-order valence-corrected chi connectivity index (χ4v) is 3.06. The number of ether oxygens (including phenoxy) is 2. The van der Waals surface area contributed by atoms with Crippen LogP contribution < -0.4 is 0 Å². The summed E-state index contributed by atoms with van der Waals surface area (Å²) in [7, 11) is 0. The molecule has 1 heterocycles. The number of rotatable bonds is 13. The molecule has 21 heavy (non-hydrogen) atoms. The average Bonchev–Trinajstić information content (AvgIpc) is 2.96. The van der Waals surface area contributed by atoms with Crippen molar-refractivity contribution in [1.29, 1.82) is 0 Å². The quantitative estimate of drug-likeness (QED) is 0.332. The van der Waals surface area contributed by atoms with Crippen molar-refractivity contribution in [2.24, 2.45) is 0 Å². The first kappa shape index (κ1) is 18.5. The van der Waals surface area contributed by atoms with Crippen LogP contribution in [0.3, 0.4) is 0 Å². The predicted molar refractivity (Wildman–Crippen MR) is 89.2 cm³/mol. The Labute approximate surface area is 132 Å². The van der Waals surface area contributed by atoms with Gasteiger partial charge in [0.05, 0.1) is 13.2 Å². The molecule has 1 aliphatic heterocycles. The van der Waals surface area contributed by atoms with E-state index in [1.54, 1.807) is 0 Å². The zero-order valence-corrected chi connectivity index (χ0v) is 14.0. The third kappa shape index (κ3) is 8.49. The molecule has 0 aromatic carbocycles. The van der Waals surface area contributed by atoms with E-state index in [-0.39, 0.29) is 5.79 Å². The molecule has 0 N–H and O–H groups in total. The van der Waals surface area contributed by atoms with Gasteiger partial charge in [0, 0.05) is 19.3 Å². The van der Waals surface area contributed by atoms with Crippen molar-refractivity contribution >= 4 is 0 Å². The van der Waals surface area contributed by atoms with Crippen LogP contribution in [0.15, 0.2) is 0 Å². The van der Waals surface area contributed by atoms with E-state index < -0.39 is 0 Å². The van der Waals surface area contributed by atoms with E-state index in [9.17, 15) is 0 Å². The normalized spacial score (nSPS) is 17.0. The van der Waals surface area contributed by atoms with Gasteiger partial charge in [-0.15, -0.1) is 12.3 Å². The lowest BCUT2D eigenvalue weighted by atomic mass is 9.99. The first-order valence-corrected chi connectivity index (χ1v) is 9.04. The molecule has 0 aromatic heterocycles. The van der Waals surface area contributed by atoms with Gasteiger partial charge in [-0.3, -0.25) is 0 Å². The van der Waals surface area contributed by atoms with Crippen LogP contribution in [0.2, 0.25) is 0 Å². The van der Waals surface area contributed by atoms with Crippen molar-refractivity contribution < 1.29 is 9.47 Å². The van der Waals surface area contributed by atoms with E-state index in [0.717, 1.165) is 38.9 Å². The van der Waals surface area contributed by atoms with Crippen LogP contribution in [0.5, 0.6) is 0 Å². The zero-order valence-electron chi connectivity index (χ0n) is 14.0. The van der Waals surface area contributed by atoms with Crippen LogP contribution in [-0.4, -0.2) is 19.0 Å². The smallest absolute Gasteiger partial charge is 0.168 e. The van der Waals surface area contributed by atoms with Gasteiger partial charge in [-0.25, -0.2) is 0 Å². The summed E-state index contributed by atoms with van der Waals surface area (Å²) in [5.41, 5.74) is 0. The van der Waals surface area contributed by atoms with E-state index >= 15 is 0 Å². The number of hydrogen-bond acceptors (Lipinski definition) is 2. The fourth-order valence-electron chi connectivity index (χ4n) is 3.06. The molecule has 0 aliphatic carbocycles. The van der Waals surface area contributed by atoms with Gasteiger partial charge in [0.2, 0.25) is 0 Å². The topological polar surface area (TPSA) is 18.5 Å². The van der Waals surface area contributed by atoms with Gasteiger partial charge in [-0.2, -0.15) is 0 Å². The van der Waals surface area contributed by atoms with E-state index in [4.69, 9.17) is 15.9 Å². The number of terminal acetylenes is 1. The molecule has 0 spiro atoms.